The Labute approximate surface area is 130 Å². The van der Waals surface area contributed by atoms with Crippen LogP contribution in [0.1, 0.15) is 15.9 Å². The van der Waals surface area contributed by atoms with Crippen molar-refractivity contribution >= 4 is 21.7 Å². The highest BCUT2D eigenvalue weighted by Gasteiger charge is 2.14. The minimum atomic E-state index is -0.0526. The molecule has 0 spiro atoms. The summed E-state index contributed by atoms with van der Waals surface area (Å²) in [6.45, 7) is 0.643. The van der Waals surface area contributed by atoms with Crippen molar-refractivity contribution in [3.05, 3.63) is 58.1 Å². The molecule has 0 N–H and O–H groups in total. The number of carbonyl (C=O) groups is 1. The molecule has 0 radical (unpaired) electrons. The molecule has 108 valence electrons. The summed E-state index contributed by atoms with van der Waals surface area (Å²) >= 11 is 3.36. The zero-order chi connectivity index (χ0) is 14.7. The van der Waals surface area contributed by atoms with Crippen LogP contribution >= 0.6 is 15.9 Å². The molecule has 21 heavy (non-hydrogen) atoms. The third-order valence-electron chi connectivity index (χ3n) is 3.11. The Bertz CT molecular complexity index is 669. The predicted molar refractivity (Wildman–Crippen MR) is 80.7 cm³/mol. The molecule has 1 aliphatic heterocycles. The number of halogens is 1. The highest BCUT2D eigenvalue weighted by atomic mass is 79.9. The van der Waals surface area contributed by atoms with Gasteiger partial charge in [0, 0.05) is 10.0 Å². The van der Waals surface area contributed by atoms with E-state index in [9.17, 15) is 4.79 Å². The van der Waals surface area contributed by atoms with E-state index in [-0.39, 0.29) is 19.2 Å². The first kappa shape index (κ1) is 14.1. The summed E-state index contributed by atoms with van der Waals surface area (Å²) in [4.78, 5) is 12.0. The largest absolute Gasteiger partial charge is 0.454 e. The van der Waals surface area contributed by atoms with Crippen LogP contribution in [0.25, 0.3) is 0 Å². The minimum Gasteiger partial charge on any atom is -0.454 e. The van der Waals surface area contributed by atoms with E-state index in [2.05, 4.69) is 15.9 Å². The Morgan fingerprint density at radius 1 is 1.14 bits per heavy atom. The highest BCUT2D eigenvalue weighted by molar-refractivity contribution is 9.10. The van der Waals surface area contributed by atoms with Crippen molar-refractivity contribution in [2.75, 3.05) is 13.4 Å². The molecule has 0 bridgehead atoms. The van der Waals surface area contributed by atoms with Gasteiger partial charge in [-0.25, -0.2) is 0 Å². The molecule has 0 unspecified atom stereocenters. The summed E-state index contributed by atoms with van der Waals surface area (Å²) in [5.74, 6) is 1.40. The SMILES string of the molecule is O=C(COCc1ccc2c(c1)OCO2)c1ccccc1Br. The summed E-state index contributed by atoms with van der Waals surface area (Å²) in [6, 6.07) is 12.9. The molecule has 0 fully saturated rings. The van der Waals surface area contributed by atoms with E-state index < -0.39 is 0 Å². The molecule has 0 saturated heterocycles. The number of hydrogen-bond donors (Lipinski definition) is 0. The van der Waals surface area contributed by atoms with Gasteiger partial charge in [0.25, 0.3) is 0 Å². The third kappa shape index (κ3) is 3.25. The average Bonchev–Trinajstić information content (AvgIpc) is 2.95. The second-order valence-electron chi connectivity index (χ2n) is 4.58. The number of ketones is 1. The van der Waals surface area contributed by atoms with Crippen LogP contribution in [-0.4, -0.2) is 19.2 Å². The van der Waals surface area contributed by atoms with Gasteiger partial charge < -0.3 is 14.2 Å². The van der Waals surface area contributed by atoms with Crippen LogP contribution in [0, 0.1) is 0 Å². The maximum atomic E-state index is 12.0. The first-order valence-corrected chi connectivity index (χ1v) is 7.27. The number of rotatable bonds is 5. The van der Waals surface area contributed by atoms with Crippen molar-refractivity contribution in [3.63, 3.8) is 0 Å². The van der Waals surface area contributed by atoms with E-state index in [1.165, 1.54) is 0 Å². The summed E-state index contributed by atoms with van der Waals surface area (Å²) < 4.78 is 16.8. The molecular weight excluding hydrogens is 336 g/mol. The van der Waals surface area contributed by atoms with Crippen LogP contribution in [0.3, 0.4) is 0 Å². The summed E-state index contributed by atoms with van der Waals surface area (Å²) in [5, 5.41) is 0. The van der Waals surface area contributed by atoms with Gasteiger partial charge in [0.1, 0.15) is 6.61 Å². The quantitative estimate of drug-likeness (QED) is 0.774. The normalized spacial score (nSPS) is 12.4. The van der Waals surface area contributed by atoms with Crippen LogP contribution in [0.15, 0.2) is 46.9 Å². The van der Waals surface area contributed by atoms with Gasteiger partial charge in [0.15, 0.2) is 17.3 Å². The zero-order valence-corrected chi connectivity index (χ0v) is 12.8. The lowest BCUT2D eigenvalue weighted by Crippen LogP contribution is -2.09. The van der Waals surface area contributed by atoms with E-state index >= 15 is 0 Å². The Morgan fingerprint density at radius 3 is 2.81 bits per heavy atom. The number of hydrogen-bond acceptors (Lipinski definition) is 4. The van der Waals surface area contributed by atoms with Crippen LogP contribution in [-0.2, 0) is 11.3 Å². The maximum absolute atomic E-state index is 12.0. The van der Waals surface area contributed by atoms with Crippen molar-refractivity contribution in [2.24, 2.45) is 0 Å². The molecule has 1 aliphatic rings. The first-order chi connectivity index (χ1) is 10.2. The molecule has 5 heteroatoms. The van der Waals surface area contributed by atoms with Gasteiger partial charge in [-0.15, -0.1) is 0 Å². The second kappa shape index (κ2) is 6.28. The van der Waals surface area contributed by atoms with Crippen molar-refractivity contribution in [1.29, 1.82) is 0 Å². The Balaban J connectivity index is 1.57. The molecule has 2 aromatic rings. The molecule has 3 rings (SSSR count). The fraction of sp³-hybridized carbons (Fsp3) is 0.188. The lowest BCUT2D eigenvalue weighted by molar-refractivity contribution is 0.0725. The highest BCUT2D eigenvalue weighted by Crippen LogP contribution is 2.32. The molecule has 0 saturated carbocycles. The lowest BCUT2D eigenvalue weighted by atomic mass is 10.1. The molecular formula is C16H13BrO4. The van der Waals surface area contributed by atoms with Crippen molar-refractivity contribution in [1.82, 2.24) is 0 Å². The summed E-state index contributed by atoms with van der Waals surface area (Å²) in [5.41, 5.74) is 1.57. The van der Waals surface area contributed by atoms with E-state index in [0.29, 0.717) is 17.9 Å². The maximum Gasteiger partial charge on any atom is 0.231 e. The molecule has 4 nitrogen and oxygen atoms in total. The molecule has 2 aromatic carbocycles. The minimum absolute atomic E-state index is 0.0387. The van der Waals surface area contributed by atoms with Gasteiger partial charge >= 0.3 is 0 Å². The summed E-state index contributed by atoms with van der Waals surface area (Å²) in [7, 11) is 0. The van der Waals surface area contributed by atoms with E-state index in [4.69, 9.17) is 14.2 Å². The van der Waals surface area contributed by atoms with Crippen LogP contribution in [0.2, 0.25) is 0 Å². The standard InChI is InChI=1S/C16H13BrO4/c17-13-4-2-1-3-12(13)14(18)9-19-8-11-5-6-15-16(7-11)21-10-20-15/h1-7H,8-10H2. The van der Waals surface area contributed by atoms with Crippen molar-refractivity contribution in [2.45, 2.75) is 6.61 Å². The van der Waals surface area contributed by atoms with Gasteiger partial charge in [-0.1, -0.05) is 40.2 Å². The predicted octanol–water partition coefficient (Wildman–Crippen LogP) is 3.58. The fourth-order valence-corrected chi connectivity index (χ4v) is 2.56. The van der Waals surface area contributed by atoms with Gasteiger partial charge in [-0.2, -0.15) is 0 Å². The average molecular weight is 349 g/mol. The molecule has 1 heterocycles. The summed E-state index contributed by atoms with van der Waals surface area (Å²) in [6.07, 6.45) is 0. The van der Waals surface area contributed by atoms with E-state index in [1.807, 2.05) is 36.4 Å². The van der Waals surface area contributed by atoms with Crippen LogP contribution in [0.5, 0.6) is 11.5 Å². The van der Waals surface area contributed by atoms with Gasteiger partial charge in [-0.3, -0.25) is 4.79 Å². The van der Waals surface area contributed by atoms with Gasteiger partial charge in [0.2, 0.25) is 6.79 Å². The van der Waals surface area contributed by atoms with Gasteiger partial charge in [-0.05, 0) is 23.8 Å². The Hall–Kier alpha value is -1.85. The molecule has 0 atom stereocenters. The molecule has 0 aliphatic carbocycles. The number of benzene rings is 2. The molecule has 0 amide bonds. The van der Waals surface area contributed by atoms with Gasteiger partial charge in [0.05, 0.1) is 6.61 Å². The van der Waals surface area contributed by atoms with E-state index in [0.717, 1.165) is 15.8 Å². The molecule has 0 aromatic heterocycles. The smallest absolute Gasteiger partial charge is 0.231 e. The van der Waals surface area contributed by atoms with Crippen molar-refractivity contribution in [3.8, 4) is 11.5 Å². The number of ether oxygens (including phenoxy) is 3. The number of Topliss-reactive ketones (excluding diaryl/α,β-unsaturated/α-hetero) is 1. The van der Waals surface area contributed by atoms with Crippen LogP contribution < -0.4 is 9.47 Å². The van der Waals surface area contributed by atoms with Crippen molar-refractivity contribution < 1.29 is 19.0 Å². The second-order valence-corrected chi connectivity index (χ2v) is 5.44. The Kier molecular flexibility index (Phi) is 4.22. The Morgan fingerprint density at radius 2 is 1.95 bits per heavy atom. The number of carbonyl (C=O) groups excluding carboxylic acids is 1. The number of fused-ring (bicyclic) bond motifs is 1. The topological polar surface area (TPSA) is 44.8 Å². The van der Waals surface area contributed by atoms with Crippen LogP contribution in [0.4, 0.5) is 0 Å². The fourth-order valence-electron chi connectivity index (χ4n) is 2.06. The third-order valence-corrected chi connectivity index (χ3v) is 3.80. The monoisotopic (exact) mass is 348 g/mol. The first-order valence-electron chi connectivity index (χ1n) is 6.48. The van der Waals surface area contributed by atoms with E-state index in [1.54, 1.807) is 6.07 Å². The zero-order valence-electron chi connectivity index (χ0n) is 11.2. The lowest BCUT2D eigenvalue weighted by Gasteiger charge is -2.06.